The van der Waals surface area contributed by atoms with Crippen LogP contribution in [0.25, 0.3) is 0 Å². The van der Waals surface area contributed by atoms with E-state index < -0.39 is 0 Å². The maximum absolute atomic E-state index is 12.7. The molecule has 7 heteroatoms. The minimum atomic E-state index is -0.153. The van der Waals surface area contributed by atoms with Gasteiger partial charge in [-0.05, 0) is 44.9 Å². The van der Waals surface area contributed by atoms with Gasteiger partial charge in [-0.15, -0.1) is 0 Å². The third-order valence-electron chi connectivity index (χ3n) is 4.17. The highest BCUT2D eigenvalue weighted by Gasteiger charge is 2.25. The van der Waals surface area contributed by atoms with Crippen LogP contribution >= 0.6 is 0 Å². The molecule has 1 heterocycles. The number of benzene rings is 1. The number of rotatable bonds is 5. The second-order valence-corrected chi connectivity index (χ2v) is 6.41. The first-order valence-corrected chi connectivity index (χ1v) is 8.53. The van der Waals surface area contributed by atoms with E-state index in [1.165, 1.54) is 0 Å². The van der Waals surface area contributed by atoms with E-state index in [-0.39, 0.29) is 24.0 Å². The summed E-state index contributed by atoms with van der Waals surface area (Å²) < 4.78 is 10.5. The van der Waals surface area contributed by atoms with Crippen LogP contribution in [0.4, 0.5) is 4.79 Å². The van der Waals surface area contributed by atoms with Crippen molar-refractivity contribution in [3.63, 3.8) is 0 Å². The summed E-state index contributed by atoms with van der Waals surface area (Å²) in [6.45, 7) is 5.06. The van der Waals surface area contributed by atoms with E-state index in [1.807, 2.05) is 13.8 Å². The Morgan fingerprint density at radius 2 is 1.76 bits per heavy atom. The summed E-state index contributed by atoms with van der Waals surface area (Å²) in [6.07, 6.45) is 1.48. The van der Waals surface area contributed by atoms with Crippen molar-refractivity contribution < 1.29 is 19.1 Å². The first-order chi connectivity index (χ1) is 11.9. The van der Waals surface area contributed by atoms with E-state index in [4.69, 9.17) is 9.47 Å². The molecule has 3 amide bonds. The van der Waals surface area contributed by atoms with Crippen LogP contribution in [-0.4, -0.2) is 56.2 Å². The number of piperidine rings is 1. The van der Waals surface area contributed by atoms with Gasteiger partial charge in [0.15, 0.2) is 11.5 Å². The summed E-state index contributed by atoms with van der Waals surface area (Å²) >= 11 is 0. The molecule has 1 aromatic rings. The standard InChI is InChI=1S/C18H27N3O4/c1-12(2)19-18(23)20-14-7-9-21(10-8-14)17(22)13-5-6-15(24-3)16(11-13)25-4/h5-6,11-12,14H,7-10H2,1-4H3,(H2,19,20,23). The van der Waals surface area contributed by atoms with E-state index >= 15 is 0 Å². The Balaban J connectivity index is 1.92. The van der Waals surface area contributed by atoms with Crippen LogP contribution < -0.4 is 20.1 Å². The quantitative estimate of drug-likeness (QED) is 0.852. The lowest BCUT2D eigenvalue weighted by molar-refractivity contribution is 0.0708. The number of urea groups is 1. The van der Waals surface area contributed by atoms with Gasteiger partial charge in [-0.3, -0.25) is 4.79 Å². The first kappa shape index (κ1) is 18.9. The van der Waals surface area contributed by atoms with Gasteiger partial charge in [0.05, 0.1) is 14.2 Å². The van der Waals surface area contributed by atoms with Crippen LogP contribution in [0, 0.1) is 0 Å². The molecule has 0 bridgehead atoms. The average molecular weight is 349 g/mol. The van der Waals surface area contributed by atoms with E-state index in [0.29, 0.717) is 30.2 Å². The molecule has 2 N–H and O–H groups in total. The number of ether oxygens (including phenoxy) is 2. The zero-order valence-corrected chi connectivity index (χ0v) is 15.3. The van der Waals surface area contributed by atoms with Crippen molar-refractivity contribution in [2.45, 2.75) is 38.8 Å². The number of nitrogens with one attached hydrogen (secondary N) is 2. The predicted molar refractivity (Wildman–Crippen MR) is 95.3 cm³/mol. The summed E-state index contributed by atoms with van der Waals surface area (Å²) in [5.41, 5.74) is 0.571. The average Bonchev–Trinajstić information content (AvgIpc) is 2.60. The monoisotopic (exact) mass is 349 g/mol. The van der Waals surface area contributed by atoms with Crippen molar-refractivity contribution in [1.29, 1.82) is 0 Å². The second kappa shape index (κ2) is 8.60. The summed E-state index contributed by atoms with van der Waals surface area (Å²) in [7, 11) is 3.11. The topological polar surface area (TPSA) is 79.9 Å². The molecule has 0 spiro atoms. The molecule has 0 saturated carbocycles. The van der Waals surface area contributed by atoms with Crippen molar-refractivity contribution in [1.82, 2.24) is 15.5 Å². The van der Waals surface area contributed by atoms with Gasteiger partial charge in [0.2, 0.25) is 0 Å². The number of nitrogens with zero attached hydrogens (tertiary/aromatic N) is 1. The molecule has 0 radical (unpaired) electrons. The maximum atomic E-state index is 12.7. The SMILES string of the molecule is COc1ccc(C(=O)N2CCC(NC(=O)NC(C)C)CC2)cc1OC. The summed E-state index contributed by atoms with van der Waals surface area (Å²) in [4.78, 5) is 26.2. The molecular weight excluding hydrogens is 322 g/mol. The third-order valence-corrected chi connectivity index (χ3v) is 4.17. The highest BCUT2D eigenvalue weighted by atomic mass is 16.5. The first-order valence-electron chi connectivity index (χ1n) is 8.53. The highest BCUT2D eigenvalue weighted by Crippen LogP contribution is 2.28. The second-order valence-electron chi connectivity index (χ2n) is 6.41. The van der Waals surface area contributed by atoms with Crippen molar-refractivity contribution in [3.8, 4) is 11.5 Å². The van der Waals surface area contributed by atoms with E-state index in [2.05, 4.69) is 10.6 Å². The molecule has 0 aromatic heterocycles. The zero-order chi connectivity index (χ0) is 18.4. The Bertz CT molecular complexity index is 610. The van der Waals surface area contributed by atoms with Gasteiger partial charge in [0, 0.05) is 30.7 Å². The molecule has 1 fully saturated rings. The summed E-state index contributed by atoms with van der Waals surface area (Å²) in [5.74, 6) is 1.10. The van der Waals surface area contributed by atoms with Crippen molar-refractivity contribution in [3.05, 3.63) is 23.8 Å². The molecule has 7 nitrogen and oxygen atoms in total. The molecule has 0 unspecified atom stereocenters. The van der Waals surface area contributed by atoms with E-state index in [9.17, 15) is 9.59 Å². The number of hydrogen-bond donors (Lipinski definition) is 2. The molecule has 1 saturated heterocycles. The Morgan fingerprint density at radius 1 is 1.12 bits per heavy atom. The Morgan fingerprint density at radius 3 is 2.32 bits per heavy atom. The van der Waals surface area contributed by atoms with Crippen LogP contribution in [0.3, 0.4) is 0 Å². The normalized spacial score (nSPS) is 15.0. The molecule has 1 aliphatic heterocycles. The third kappa shape index (κ3) is 5.01. The summed E-state index contributed by atoms with van der Waals surface area (Å²) in [5, 5.41) is 5.78. The van der Waals surface area contributed by atoms with Gasteiger partial charge >= 0.3 is 6.03 Å². The fraction of sp³-hybridized carbons (Fsp3) is 0.556. The lowest BCUT2D eigenvalue weighted by Gasteiger charge is -2.32. The van der Waals surface area contributed by atoms with Gasteiger partial charge in [-0.25, -0.2) is 4.79 Å². The number of amides is 3. The lowest BCUT2D eigenvalue weighted by atomic mass is 10.0. The fourth-order valence-electron chi connectivity index (χ4n) is 2.87. The Hall–Kier alpha value is -2.44. The van der Waals surface area contributed by atoms with E-state index in [0.717, 1.165) is 12.8 Å². The molecule has 25 heavy (non-hydrogen) atoms. The molecular formula is C18H27N3O4. The van der Waals surface area contributed by atoms with Gasteiger partial charge in [-0.1, -0.05) is 0 Å². The minimum absolute atomic E-state index is 0.0361. The van der Waals surface area contributed by atoms with Gasteiger partial charge in [-0.2, -0.15) is 0 Å². The van der Waals surface area contributed by atoms with E-state index in [1.54, 1.807) is 37.3 Å². The van der Waals surface area contributed by atoms with Gasteiger partial charge in [0.1, 0.15) is 0 Å². The Kier molecular flexibility index (Phi) is 6.50. The molecule has 1 aromatic carbocycles. The molecule has 2 rings (SSSR count). The molecule has 138 valence electrons. The number of carbonyl (C=O) groups is 2. The largest absolute Gasteiger partial charge is 0.493 e. The van der Waals surface area contributed by atoms with Crippen molar-refractivity contribution >= 4 is 11.9 Å². The predicted octanol–water partition coefficient (Wildman–Crippen LogP) is 2.02. The summed E-state index contributed by atoms with van der Waals surface area (Å²) in [6, 6.07) is 5.21. The lowest BCUT2D eigenvalue weighted by Crippen LogP contribution is -2.50. The molecule has 1 aliphatic rings. The molecule has 0 atom stereocenters. The number of hydrogen-bond acceptors (Lipinski definition) is 4. The van der Waals surface area contributed by atoms with Gasteiger partial charge < -0.3 is 25.0 Å². The number of methoxy groups -OCH3 is 2. The molecule has 0 aliphatic carbocycles. The minimum Gasteiger partial charge on any atom is -0.493 e. The van der Waals surface area contributed by atoms with Crippen LogP contribution in [-0.2, 0) is 0 Å². The van der Waals surface area contributed by atoms with Crippen molar-refractivity contribution in [2.24, 2.45) is 0 Å². The van der Waals surface area contributed by atoms with Crippen LogP contribution in [0.15, 0.2) is 18.2 Å². The Labute approximate surface area is 148 Å². The van der Waals surface area contributed by atoms with Crippen molar-refractivity contribution in [2.75, 3.05) is 27.3 Å². The van der Waals surface area contributed by atoms with Crippen LogP contribution in [0.5, 0.6) is 11.5 Å². The maximum Gasteiger partial charge on any atom is 0.315 e. The smallest absolute Gasteiger partial charge is 0.315 e. The van der Waals surface area contributed by atoms with Gasteiger partial charge in [0.25, 0.3) is 5.91 Å². The number of carbonyl (C=O) groups excluding carboxylic acids is 2. The highest BCUT2D eigenvalue weighted by molar-refractivity contribution is 5.95. The van der Waals surface area contributed by atoms with Crippen LogP contribution in [0.2, 0.25) is 0 Å². The van der Waals surface area contributed by atoms with Crippen LogP contribution in [0.1, 0.15) is 37.0 Å². The zero-order valence-electron chi connectivity index (χ0n) is 15.3. The fourth-order valence-corrected chi connectivity index (χ4v) is 2.87. The number of likely N-dealkylation sites (tertiary alicyclic amines) is 1.